The van der Waals surface area contributed by atoms with Crippen LogP contribution in [0.4, 0.5) is 0 Å². The minimum atomic E-state index is -3.52. The molecule has 0 spiro atoms. The summed E-state index contributed by atoms with van der Waals surface area (Å²) in [6.07, 6.45) is 4.78. The highest BCUT2D eigenvalue weighted by molar-refractivity contribution is 7.89. The van der Waals surface area contributed by atoms with E-state index in [1.54, 1.807) is 24.3 Å². The average molecular weight is 308 g/mol. The predicted octanol–water partition coefficient (Wildman–Crippen LogP) is 2.18. The Morgan fingerprint density at radius 2 is 1.81 bits per heavy atom. The van der Waals surface area contributed by atoms with Crippen LogP contribution < -0.4 is 9.88 Å². The number of hydrogen-bond donors (Lipinski definition) is 1. The number of nitriles is 1. The lowest BCUT2D eigenvalue weighted by Crippen LogP contribution is -2.40. The fourth-order valence-electron chi connectivity index (χ4n) is 2.92. The van der Waals surface area contributed by atoms with Crippen molar-refractivity contribution in [3.05, 3.63) is 29.8 Å². The zero-order valence-corrected chi connectivity index (χ0v) is 12.7. The van der Waals surface area contributed by atoms with Crippen LogP contribution in [0.1, 0.15) is 37.7 Å². The fourth-order valence-corrected chi connectivity index (χ4v) is 4.15. The molecule has 0 saturated heterocycles. The largest absolute Gasteiger partial charge is 0.493 e. The van der Waals surface area contributed by atoms with E-state index >= 15 is 0 Å². The van der Waals surface area contributed by atoms with Crippen LogP contribution in [0, 0.1) is 16.7 Å². The number of benzene rings is 1. The van der Waals surface area contributed by atoms with Gasteiger partial charge in [0, 0.05) is 5.41 Å². The highest BCUT2D eigenvalue weighted by Crippen LogP contribution is 2.37. The molecule has 0 bridgehead atoms. The van der Waals surface area contributed by atoms with Crippen molar-refractivity contribution in [2.24, 2.45) is 10.6 Å². The van der Waals surface area contributed by atoms with E-state index in [0.717, 1.165) is 32.1 Å². The summed E-state index contributed by atoms with van der Waals surface area (Å²) in [5.41, 5.74) is 0.180. The van der Waals surface area contributed by atoms with Crippen molar-refractivity contribution in [3.8, 4) is 11.8 Å². The van der Waals surface area contributed by atoms with Gasteiger partial charge < -0.3 is 4.74 Å². The van der Waals surface area contributed by atoms with E-state index in [1.807, 2.05) is 6.07 Å². The molecule has 0 atom stereocenters. The Morgan fingerprint density at radius 3 is 2.33 bits per heavy atom. The highest BCUT2D eigenvalue weighted by atomic mass is 32.2. The second-order valence-electron chi connectivity index (χ2n) is 5.79. The number of hydrogen-bond acceptors (Lipinski definition) is 4. The molecule has 0 aliphatic heterocycles. The van der Waals surface area contributed by atoms with Crippen molar-refractivity contribution in [2.45, 2.75) is 32.1 Å². The monoisotopic (exact) mass is 308 g/mol. The molecular weight excluding hydrogens is 288 g/mol. The average Bonchev–Trinajstić information content (AvgIpc) is 2.45. The zero-order valence-electron chi connectivity index (χ0n) is 11.9. The lowest BCUT2D eigenvalue weighted by Gasteiger charge is -2.36. The summed E-state index contributed by atoms with van der Waals surface area (Å²) >= 11 is 0. The van der Waals surface area contributed by atoms with E-state index in [4.69, 9.17) is 15.1 Å². The van der Waals surface area contributed by atoms with Crippen LogP contribution in [-0.4, -0.2) is 20.8 Å². The third-order valence-corrected chi connectivity index (χ3v) is 4.96. The molecule has 2 rings (SSSR count). The van der Waals surface area contributed by atoms with Gasteiger partial charge in [-0.15, -0.1) is 0 Å². The maximum absolute atomic E-state index is 11.5. The zero-order chi connectivity index (χ0) is 15.3. The van der Waals surface area contributed by atoms with Crippen molar-refractivity contribution in [1.82, 2.24) is 0 Å². The SMILES string of the molecule is N#Cc1ccc(OCC2(CS(N)(=O)=O)CCCCC2)cc1. The Hall–Kier alpha value is -1.58. The quantitative estimate of drug-likeness (QED) is 0.902. The number of primary sulfonamides is 1. The van der Waals surface area contributed by atoms with E-state index in [9.17, 15) is 8.42 Å². The third-order valence-electron chi connectivity index (χ3n) is 3.95. The van der Waals surface area contributed by atoms with Crippen LogP contribution in [0.3, 0.4) is 0 Å². The molecule has 6 heteroatoms. The third kappa shape index (κ3) is 4.73. The molecule has 21 heavy (non-hydrogen) atoms. The lowest BCUT2D eigenvalue weighted by atomic mass is 9.76. The molecule has 0 aromatic heterocycles. The van der Waals surface area contributed by atoms with Gasteiger partial charge in [-0.3, -0.25) is 0 Å². The first-order chi connectivity index (χ1) is 9.92. The molecule has 0 radical (unpaired) electrons. The summed E-state index contributed by atoms with van der Waals surface area (Å²) in [6, 6.07) is 8.87. The minimum Gasteiger partial charge on any atom is -0.493 e. The molecule has 5 nitrogen and oxygen atoms in total. The van der Waals surface area contributed by atoms with Gasteiger partial charge >= 0.3 is 0 Å². The molecule has 0 amide bonds. The van der Waals surface area contributed by atoms with Crippen molar-refractivity contribution < 1.29 is 13.2 Å². The van der Waals surface area contributed by atoms with Gasteiger partial charge in [-0.1, -0.05) is 19.3 Å². The first-order valence-electron chi connectivity index (χ1n) is 7.06. The fraction of sp³-hybridized carbons (Fsp3) is 0.533. The van der Waals surface area contributed by atoms with Gasteiger partial charge in [0.05, 0.1) is 24.0 Å². The minimum absolute atomic E-state index is 0.0315. The topological polar surface area (TPSA) is 93.2 Å². The Balaban J connectivity index is 2.06. The van der Waals surface area contributed by atoms with Crippen molar-refractivity contribution in [2.75, 3.05) is 12.4 Å². The standard InChI is InChI=1S/C15H20N2O3S/c16-10-13-4-6-14(7-5-13)20-11-15(12-21(17,18)19)8-2-1-3-9-15/h4-7H,1-3,8-9,11-12H2,(H2,17,18,19). The molecule has 2 N–H and O–H groups in total. The Morgan fingerprint density at radius 1 is 1.19 bits per heavy atom. The van der Waals surface area contributed by atoms with Crippen LogP contribution in [0.15, 0.2) is 24.3 Å². The molecular formula is C15H20N2O3S. The van der Waals surface area contributed by atoms with Gasteiger partial charge in [0.15, 0.2) is 0 Å². The summed E-state index contributed by atoms with van der Waals surface area (Å²) in [5.74, 6) is 0.615. The molecule has 1 fully saturated rings. The van der Waals surface area contributed by atoms with Gasteiger partial charge in [-0.25, -0.2) is 13.6 Å². The Labute approximate surface area is 125 Å². The molecule has 1 aromatic rings. The van der Waals surface area contributed by atoms with E-state index in [2.05, 4.69) is 0 Å². The summed E-state index contributed by atoms with van der Waals surface area (Å²) in [7, 11) is -3.52. The van der Waals surface area contributed by atoms with E-state index in [0.29, 0.717) is 17.9 Å². The number of nitrogens with zero attached hydrogens (tertiary/aromatic N) is 1. The van der Waals surface area contributed by atoms with E-state index < -0.39 is 10.0 Å². The number of nitrogens with two attached hydrogens (primary N) is 1. The van der Waals surface area contributed by atoms with Crippen molar-refractivity contribution in [3.63, 3.8) is 0 Å². The van der Waals surface area contributed by atoms with Gasteiger partial charge in [0.2, 0.25) is 10.0 Å². The number of sulfonamides is 1. The van der Waals surface area contributed by atoms with Crippen molar-refractivity contribution in [1.29, 1.82) is 5.26 Å². The summed E-state index contributed by atoms with van der Waals surface area (Å²) in [6.45, 7) is 0.343. The summed E-state index contributed by atoms with van der Waals surface area (Å²) in [4.78, 5) is 0. The predicted molar refractivity (Wildman–Crippen MR) is 80.1 cm³/mol. The smallest absolute Gasteiger partial charge is 0.209 e. The second-order valence-corrected chi connectivity index (χ2v) is 7.41. The molecule has 114 valence electrons. The molecule has 0 unspecified atom stereocenters. The van der Waals surface area contributed by atoms with Crippen LogP contribution in [-0.2, 0) is 10.0 Å². The maximum Gasteiger partial charge on any atom is 0.209 e. The lowest BCUT2D eigenvalue weighted by molar-refractivity contribution is 0.118. The first-order valence-corrected chi connectivity index (χ1v) is 8.78. The maximum atomic E-state index is 11.5. The van der Waals surface area contributed by atoms with Crippen LogP contribution in [0.2, 0.25) is 0 Å². The van der Waals surface area contributed by atoms with Gasteiger partial charge in [0.25, 0.3) is 0 Å². The van der Waals surface area contributed by atoms with Crippen LogP contribution in [0.25, 0.3) is 0 Å². The number of ether oxygens (including phenoxy) is 1. The summed E-state index contributed by atoms with van der Waals surface area (Å²) < 4.78 is 28.7. The normalized spacial score (nSPS) is 17.9. The highest BCUT2D eigenvalue weighted by Gasteiger charge is 2.36. The molecule has 1 saturated carbocycles. The number of rotatable bonds is 5. The second kappa shape index (κ2) is 6.46. The summed E-state index contributed by atoms with van der Waals surface area (Å²) in [5, 5.41) is 14.0. The van der Waals surface area contributed by atoms with E-state index in [1.165, 1.54) is 0 Å². The van der Waals surface area contributed by atoms with Crippen LogP contribution >= 0.6 is 0 Å². The molecule has 1 aliphatic carbocycles. The molecule has 1 aliphatic rings. The molecule has 0 heterocycles. The van der Waals surface area contributed by atoms with Gasteiger partial charge in [-0.05, 0) is 37.1 Å². The molecule has 1 aromatic carbocycles. The van der Waals surface area contributed by atoms with Crippen molar-refractivity contribution >= 4 is 10.0 Å². The first kappa shape index (κ1) is 15.8. The Bertz CT molecular complexity index is 611. The van der Waals surface area contributed by atoms with Gasteiger partial charge in [-0.2, -0.15) is 5.26 Å². The van der Waals surface area contributed by atoms with Crippen LogP contribution in [0.5, 0.6) is 5.75 Å². The van der Waals surface area contributed by atoms with Gasteiger partial charge in [0.1, 0.15) is 5.75 Å². The van der Waals surface area contributed by atoms with E-state index in [-0.39, 0.29) is 11.2 Å². The Kier molecular flexibility index (Phi) is 4.86.